The molecule has 5 nitrogen and oxygen atoms in total. The lowest BCUT2D eigenvalue weighted by Gasteiger charge is -2.10. The summed E-state index contributed by atoms with van der Waals surface area (Å²) in [6.07, 6.45) is 1.34. The number of hydrogen-bond donors (Lipinski definition) is 3. The van der Waals surface area contributed by atoms with Gasteiger partial charge in [-0.1, -0.05) is 18.5 Å². The molecule has 0 fully saturated rings. The zero-order chi connectivity index (χ0) is 12.1. The van der Waals surface area contributed by atoms with E-state index in [0.29, 0.717) is 12.1 Å². The maximum atomic E-state index is 11.7. The number of anilines is 1. The number of aliphatic hydroxyl groups is 1. The minimum absolute atomic E-state index is 0.00230. The maximum absolute atomic E-state index is 11.7. The van der Waals surface area contributed by atoms with Gasteiger partial charge in [-0.05, 0) is 12.0 Å². The molecule has 1 aromatic heterocycles. The van der Waals surface area contributed by atoms with Crippen LogP contribution in [0.25, 0.3) is 0 Å². The third-order valence-corrected chi connectivity index (χ3v) is 2.28. The number of amides is 1. The molecule has 0 bridgehead atoms. The van der Waals surface area contributed by atoms with Crippen LogP contribution in [0.3, 0.4) is 0 Å². The van der Waals surface area contributed by atoms with Crippen molar-refractivity contribution in [3.05, 3.63) is 23.0 Å². The Morgan fingerprint density at radius 1 is 1.75 bits per heavy atom. The molecule has 0 aromatic carbocycles. The van der Waals surface area contributed by atoms with Crippen LogP contribution in [0.15, 0.2) is 12.3 Å². The van der Waals surface area contributed by atoms with E-state index in [4.69, 9.17) is 22.4 Å². The Balaban J connectivity index is 2.69. The Kier molecular flexibility index (Phi) is 4.52. The first-order valence-corrected chi connectivity index (χ1v) is 5.22. The second-order valence-electron chi connectivity index (χ2n) is 3.59. The molecule has 16 heavy (non-hydrogen) atoms. The number of hydrogen-bond acceptors (Lipinski definition) is 4. The number of aliphatic hydroxyl groups excluding tert-OH is 1. The quantitative estimate of drug-likeness (QED) is 0.679. The van der Waals surface area contributed by atoms with Crippen molar-refractivity contribution in [2.75, 3.05) is 18.9 Å². The van der Waals surface area contributed by atoms with Crippen LogP contribution in [0.1, 0.15) is 17.3 Å². The maximum Gasteiger partial charge on any atom is 0.253 e. The molecule has 0 saturated heterocycles. The predicted molar refractivity (Wildman–Crippen MR) is 62.2 cm³/mol. The van der Waals surface area contributed by atoms with Crippen molar-refractivity contribution in [1.82, 2.24) is 10.3 Å². The largest absolute Gasteiger partial charge is 0.397 e. The van der Waals surface area contributed by atoms with E-state index in [1.165, 1.54) is 12.3 Å². The summed E-state index contributed by atoms with van der Waals surface area (Å²) in [6.45, 7) is 2.23. The van der Waals surface area contributed by atoms with Crippen LogP contribution >= 0.6 is 11.6 Å². The lowest BCUT2D eigenvalue weighted by molar-refractivity contribution is 0.0943. The van der Waals surface area contributed by atoms with Crippen LogP contribution < -0.4 is 11.1 Å². The van der Waals surface area contributed by atoms with Crippen LogP contribution in [0, 0.1) is 5.92 Å². The SMILES string of the molecule is CC(CO)CNC(=O)c1cc(Cl)ncc1N. The second-order valence-corrected chi connectivity index (χ2v) is 3.98. The van der Waals surface area contributed by atoms with Gasteiger partial charge in [0, 0.05) is 13.2 Å². The van der Waals surface area contributed by atoms with Gasteiger partial charge in [0.25, 0.3) is 5.91 Å². The zero-order valence-electron chi connectivity index (χ0n) is 8.90. The van der Waals surface area contributed by atoms with E-state index in [2.05, 4.69) is 10.3 Å². The van der Waals surface area contributed by atoms with Crippen molar-refractivity contribution < 1.29 is 9.90 Å². The summed E-state index contributed by atoms with van der Waals surface area (Å²) in [5, 5.41) is 11.7. The Bertz CT molecular complexity index is 384. The number of nitrogens with two attached hydrogens (primary N) is 1. The molecule has 88 valence electrons. The number of carbonyl (C=O) groups excluding carboxylic acids is 1. The minimum Gasteiger partial charge on any atom is -0.397 e. The first kappa shape index (κ1) is 12.7. The molecule has 1 atom stereocenters. The van der Waals surface area contributed by atoms with Crippen molar-refractivity contribution in [3.8, 4) is 0 Å². The van der Waals surface area contributed by atoms with Crippen molar-refractivity contribution >= 4 is 23.2 Å². The highest BCUT2D eigenvalue weighted by molar-refractivity contribution is 6.29. The van der Waals surface area contributed by atoms with E-state index in [1.807, 2.05) is 6.92 Å². The molecule has 1 unspecified atom stereocenters. The fourth-order valence-corrected chi connectivity index (χ4v) is 1.22. The predicted octanol–water partition coefficient (Wildman–Crippen LogP) is 0.675. The molecule has 1 rings (SSSR count). The van der Waals surface area contributed by atoms with Gasteiger partial charge in [-0.3, -0.25) is 4.79 Å². The van der Waals surface area contributed by atoms with Crippen molar-refractivity contribution in [1.29, 1.82) is 0 Å². The molecule has 1 aromatic rings. The lowest BCUT2D eigenvalue weighted by Crippen LogP contribution is -2.30. The average Bonchev–Trinajstić information content (AvgIpc) is 2.28. The van der Waals surface area contributed by atoms with Gasteiger partial charge in [-0.2, -0.15) is 0 Å². The van der Waals surface area contributed by atoms with Crippen molar-refractivity contribution in [2.24, 2.45) is 5.92 Å². The van der Waals surface area contributed by atoms with E-state index < -0.39 is 0 Å². The number of nitrogens with one attached hydrogen (secondary N) is 1. The average molecular weight is 244 g/mol. The highest BCUT2D eigenvalue weighted by Gasteiger charge is 2.11. The standard InChI is InChI=1S/C10H14ClN3O2/c1-6(5-15)3-14-10(16)7-2-9(11)13-4-8(7)12/h2,4,6,15H,3,5,12H2,1H3,(H,14,16). The molecule has 0 aliphatic heterocycles. The molecule has 0 aliphatic carbocycles. The molecule has 1 heterocycles. The Morgan fingerprint density at radius 2 is 2.44 bits per heavy atom. The van der Waals surface area contributed by atoms with Gasteiger partial charge in [-0.15, -0.1) is 0 Å². The van der Waals surface area contributed by atoms with E-state index in [-0.39, 0.29) is 29.3 Å². The Labute approximate surface area is 98.6 Å². The molecule has 0 spiro atoms. The molecule has 1 amide bonds. The van der Waals surface area contributed by atoms with E-state index in [0.717, 1.165) is 0 Å². The minimum atomic E-state index is -0.317. The van der Waals surface area contributed by atoms with Gasteiger partial charge in [0.15, 0.2) is 0 Å². The number of halogens is 1. The number of rotatable bonds is 4. The van der Waals surface area contributed by atoms with Gasteiger partial charge in [0.05, 0.1) is 17.4 Å². The van der Waals surface area contributed by atoms with Gasteiger partial charge in [-0.25, -0.2) is 4.98 Å². The summed E-state index contributed by atoms with van der Waals surface area (Å²) >= 11 is 5.66. The number of pyridine rings is 1. The number of aromatic nitrogens is 1. The number of nitrogen functional groups attached to an aromatic ring is 1. The molecular formula is C10H14ClN3O2. The third-order valence-electron chi connectivity index (χ3n) is 2.07. The van der Waals surface area contributed by atoms with E-state index in [9.17, 15) is 4.79 Å². The van der Waals surface area contributed by atoms with Crippen molar-refractivity contribution in [2.45, 2.75) is 6.92 Å². The Morgan fingerprint density at radius 3 is 3.06 bits per heavy atom. The topological polar surface area (TPSA) is 88.2 Å². The van der Waals surface area contributed by atoms with Crippen LogP contribution in [0.4, 0.5) is 5.69 Å². The summed E-state index contributed by atoms with van der Waals surface area (Å²) in [5.41, 5.74) is 6.17. The zero-order valence-corrected chi connectivity index (χ0v) is 9.66. The molecule has 0 saturated carbocycles. The van der Waals surface area contributed by atoms with Gasteiger partial charge in [0.2, 0.25) is 0 Å². The van der Waals surface area contributed by atoms with Crippen LogP contribution in [0.2, 0.25) is 5.15 Å². The highest BCUT2D eigenvalue weighted by atomic mass is 35.5. The normalized spacial score (nSPS) is 12.2. The molecule has 6 heteroatoms. The first-order valence-electron chi connectivity index (χ1n) is 4.84. The highest BCUT2D eigenvalue weighted by Crippen LogP contribution is 2.14. The smallest absolute Gasteiger partial charge is 0.253 e. The molecular weight excluding hydrogens is 230 g/mol. The fourth-order valence-electron chi connectivity index (χ4n) is 1.06. The molecule has 4 N–H and O–H groups in total. The molecule has 0 aliphatic rings. The van der Waals surface area contributed by atoms with Crippen LogP contribution in [-0.2, 0) is 0 Å². The molecule has 0 radical (unpaired) electrons. The van der Waals surface area contributed by atoms with Gasteiger partial charge in [0.1, 0.15) is 5.15 Å². The van der Waals surface area contributed by atoms with Crippen molar-refractivity contribution in [3.63, 3.8) is 0 Å². The van der Waals surface area contributed by atoms with E-state index >= 15 is 0 Å². The van der Waals surface area contributed by atoms with Crippen LogP contribution in [-0.4, -0.2) is 29.1 Å². The Hall–Kier alpha value is -1.33. The second kappa shape index (κ2) is 5.67. The summed E-state index contributed by atoms with van der Waals surface area (Å²) < 4.78 is 0. The summed E-state index contributed by atoms with van der Waals surface area (Å²) in [6, 6.07) is 1.41. The third kappa shape index (κ3) is 3.36. The summed E-state index contributed by atoms with van der Waals surface area (Å²) in [7, 11) is 0. The monoisotopic (exact) mass is 243 g/mol. The van der Waals surface area contributed by atoms with Gasteiger partial charge < -0.3 is 16.2 Å². The first-order chi connectivity index (χ1) is 7.54. The summed E-state index contributed by atoms with van der Waals surface area (Å²) in [5.74, 6) is -0.315. The van der Waals surface area contributed by atoms with E-state index in [1.54, 1.807) is 0 Å². The summed E-state index contributed by atoms with van der Waals surface area (Å²) in [4.78, 5) is 15.4. The fraction of sp³-hybridized carbons (Fsp3) is 0.400. The van der Waals surface area contributed by atoms with Gasteiger partial charge >= 0.3 is 0 Å². The number of carbonyl (C=O) groups is 1. The number of nitrogens with zero attached hydrogens (tertiary/aromatic N) is 1. The van der Waals surface area contributed by atoms with Crippen LogP contribution in [0.5, 0.6) is 0 Å². The lowest BCUT2D eigenvalue weighted by atomic mass is 10.2.